The fourth-order valence-electron chi connectivity index (χ4n) is 1.99. The van der Waals surface area contributed by atoms with Gasteiger partial charge in [-0.25, -0.2) is 5.43 Å². The van der Waals surface area contributed by atoms with Crippen molar-refractivity contribution in [1.29, 1.82) is 0 Å². The maximum Gasteiger partial charge on any atom is 0.281 e. The van der Waals surface area contributed by atoms with Crippen LogP contribution in [0.3, 0.4) is 0 Å². The highest BCUT2D eigenvalue weighted by molar-refractivity contribution is 7.12. The lowest BCUT2D eigenvalue weighted by molar-refractivity contribution is -0.115. The topological polar surface area (TPSA) is 79.8 Å². The number of anilines is 1. The molecule has 0 saturated heterocycles. The molecule has 6 nitrogen and oxygen atoms in total. The van der Waals surface area contributed by atoms with E-state index < -0.39 is 0 Å². The molecule has 2 N–H and O–H groups in total. The number of amides is 2. The minimum absolute atomic E-state index is 0.0712. The number of nitrogens with zero attached hydrogens (tertiary/aromatic N) is 1. The van der Waals surface area contributed by atoms with E-state index in [1.54, 1.807) is 32.2 Å². The molecule has 0 fully saturated rings. The van der Waals surface area contributed by atoms with Crippen LogP contribution in [0.2, 0.25) is 0 Å². The summed E-state index contributed by atoms with van der Waals surface area (Å²) in [6.07, 6.45) is 0.0712. The third kappa shape index (κ3) is 4.92. The zero-order valence-corrected chi connectivity index (χ0v) is 14.6. The van der Waals surface area contributed by atoms with Crippen LogP contribution in [-0.2, 0) is 4.79 Å². The Labute approximate surface area is 144 Å². The summed E-state index contributed by atoms with van der Waals surface area (Å²) in [5, 5.41) is 8.56. The average molecular weight is 345 g/mol. The summed E-state index contributed by atoms with van der Waals surface area (Å²) in [5.74, 6) is 0.0742. The van der Waals surface area contributed by atoms with Crippen LogP contribution in [0.15, 0.2) is 40.8 Å². The number of hydrogen-bond acceptors (Lipinski definition) is 5. The quantitative estimate of drug-likeness (QED) is 0.623. The van der Waals surface area contributed by atoms with E-state index in [-0.39, 0.29) is 18.2 Å². The van der Waals surface area contributed by atoms with Gasteiger partial charge in [0, 0.05) is 5.71 Å². The Morgan fingerprint density at radius 3 is 2.75 bits per heavy atom. The fourth-order valence-corrected chi connectivity index (χ4v) is 2.61. The molecule has 0 aliphatic carbocycles. The van der Waals surface area contributed by atoms with Crippen molar-refractivity contribution in [1.82, 2.24) is 5.43 Å². The summed E-state index contributed by atoms with van der Waals surface area (Å²) in [5.41, 5.74) is 4.57. The molecule has 2 aromatic rings. The van der Waals surface area contributed by atoms with Crippen molar-refractivity contribution in [3.8, 4) is 5.75 Å². The van der Waals surface area contributed by atoms with E-state index in [9.17, 15) is 9.59 Å². The second-order valence-electron chi connectivity index (χ2n) is 5.19. The molecule has 1 aromatic heterocycles. The summed E-state index contributed by atoms with van der Waals surface area (Å²) in [6.45, 7) is 3.61. The monoisotopic (exact) mass is 345 g/mol. The number of carbonyl (C=O) groups excluding carboxylic acids is 2. The fraction of sp³-hybridized carbons (Fsp3) is 0.235. The average Bonchev–Trinajstić information content (AvgIpc) is 3.07. The van der Waals surface area contributed by atoms with E-state index >= 15 is 0 Å². The molecule has 0 saturated carbocycles. The summed E-state index contributed by atoms with van der Waals surface area (Å²) >= 11 is 1.33. The van der Waals surface area contributed by atoms with Gasteiger partial charge in [0.05, 0.1) is 24.1 Å². The van der Waals surface area contributed by atoms with Crippen LogP contribution in [0, 0.1) is 6.92 Å². The van der Waals surface area contributed by atoms with Crippen LogP contribution in [0.25, 0.3) is 0 Å². The highest BCUT2D eigenvalue weighted by Crippen LogP contribution is 2.25. The maximum absolute atomic E-state index is 12.1. The molecule has 24 heavy (non-hydrogen) atoms. The van der Waals surface area contributed by atoms with Gasteiger partial charge >= 0.3 is 0 Å². The van der Waals surface area contributed by atoms with Crippen LogP contribution in [-0.4, -0.2) is 24.6 Å². The molecule has 126 valence electrons. The molecule has 0 bridgehead atoms. The Morgan fingerprint density at radius 2 is 2.08 bits per heavy atom. The van der Waals surface area contributed by atoms with Crippen molar-refractivity contribution in [2.24, 2.45) is 5.10 Å². The third-order valence-electron chi connectivity index (χ3n) is 3.14. The van der Waals surface area contributed by atoms with Crippen LogP contribution in [0.4, 0.5) is 5.69 Å². The largest absolute Gasteiger partial charge is 0.495 e. The first kappa shape index (κ1) is 17.7. The van der Waals surface area contributed by atoms with Crippen LogP contribution < -0.4 is 15.5 Å². The predicted octanol–water partition coefficient (Wildman–Crippen LogP) is 3.20. The van der Waals surface area contributed by atoms with Crippen molar-refractivity contribution >= 4 is 34.6 Å². The van der Waals surface area contributed by atoms with Crippen molar-refractivity contribution < 1.29 is 14.3 Å². The third-order valence-corrected chi connectivity index (χ3v) is 4.01. The minimum atomic E-state index is -0.287. The highest BCUT2D eigenvalue weighted by atomic mass is 32.1. The molecule has 0 spiro atoms. The number of thiophene rings is 1. The van der Waals surface area contributed by atoms with Gasteiger partial charge in [-0.05, 0) is 43.0 Å². The van der Waals surface area contributed by atoms with Gasteiger partial charge in [-0.1, -0.05) is 12.1 Å². The van der Waals surface area contributed by atoms with Gasteiger partial charge in [-0.15, -0.1) is 11.3 Å². The number of rotatable bonds is 6. The molecule has 7 heteroatoms. The smallest absolute Gasteiger partial charge is 0.281 e. The van der Waals surface area contributed by atoms with Gasteiger partial charge < -0.3 is 10.1 Å². The van der Waals surface area contributed by atoms with Crippen molar-refractivity contribution in [2.75, 3.05) is 12.4 Å². The Balaban J connectivity index is 1.93. The number of methoxy groups -OCH3 is 1. The van der Waals surface area contributed by atoms with Crippen LogP contribution in [0.1, 0.15) is 28.6 Å². The number of hydrogen-bond donors (Lipinski definition) is 2. The van der Waals surface area contributed by atoms with E-state index in [1.807, 2.05) is 24.4 Å². The first-order valence-electron chi connectivity index (χ1n) is 7.31. The molecular formula is C17H19N3O3S. The summed E-state index contributed by atoms with van der Waals surface area (Å²) in [7, 11) is 1.55. The van der Waals surface area contributed by atoms with Crippen molar-refractivity contribution in [3.63, 3.8) is 0 Å². The second-order valence-corrected chi connectivity index (χ2v) is 6.14. The lowest BCUT2D eigenvalue weighted by atomic mass is 10.2. The molecule has 2 amide bonds. The van der Waals surface area contributed by atoms with Gasteiger partial charge in [0.2, 0.25) is 5.91 Å². The Kier molecular flexibility index (Phi) is 6.08. The first-order chi connectivity index (χ1) is 11.5. The van der Waals surface area contributed by atoms with Gasteiger partial charge in [-0.2, -0.15) is 5.10 Å². The van der Waals surface area contributed by atoms with Crippen molar-refractivity contribution in [2.45, 2.75) is 20.3 Å². The van der Waals surface area contributed by atoms with Crippen LogP contribution >= 0.6 is 11.3 Å². The lowest BCUT2D eigenvalue weighted by Crippen LogP contribution is -2.21. The zero-order chi connectivity index (χ0) is 17.5. The zero-order valence-electron chi connectivity index (χ0n) is 13.8. The van der Waals surface area contributed by atoms with E-state index in [0.717, 1.165) is 5.56 Å². The van der Waals surface area contributed by atoms with Crippen LogP contribution in [0.5, 0.6) is 5.75 Å². The number of ether oxygens (including phenoxy) is 1. The Hall–Kier alpha value is -2.67. The highest BCUT2D eigenvalue weighted by Gasteiger charge is 2.10. The van der Waals surface area contributed by atoms with Gasteiger partial charge in [0.25, 0.3) is 5.91 Å². The molecule has 0 aliphatic heterocycles. The Morgan fingerprint density at radius 1 is 1.29 bits per heavy atom. The SMILES string of the molecule is COc1ccc(C)cc1NC(=O)CC(C)=NNC(=O)c1cccs1. The van der Waals surface area contributed by atoms with E-state index in [0.29, 0.717) is 22.0 Å². The number of carbonyl (C=O) groups is 2. The maximum atomic E-state index is 12.1. The molecule has 1 aromatic carbocycles. The van der Waals surface area contributed by atoms with Gasteiger partial charge in [0.15, 0.2) is 0 Å². The standard InChI is InChI=1S/C17H19N3O3S/c1-11-6-7-14(23-3)13(9-11)18-16(21)10-12(2)19-20-17(22)15-5-4-8-24-15/h4-9H,10H2,1-3H3,(H,18,21)(H,20,22). The number of nitrogens with one attached hydrogen (secondary N) is 2. The number of aryl methyl sites for hydroxylation is 1. The predicted molar refractivity (Wildman–Crippen MR) is 95.9 cm³/mol. The molecule has 2 rings (SSSR count). The molecule has 0 atom stereocenters. The summed E-state index contributed by atoms with van der Waals surface area (Å²) < 4.78 is 5.23. The van der Waals surface area contributed by atoms with Crippen molar-refractivity contribution in [3.05, 3.63) is 46.2 Å². The molecule has 1 heterocycles. The molecule has 0 radical (unpaired) electrons. The lowest BCUT2D eigenvalue weighted by Gasteiger charge is -2.11. The van der Waals surface area contributed by atoms with Gasteiger partial charge in [0.1, 0.15) is 5.75 Å². The molecular weight excluding hydrogens is 326 g/mol. The summed E-state index contributed by atoms with van der Waals surface area (Å²) in [4.78, 5) is 24.5. The Bertz CT molecular complexity index is 754. The van der Waals surface area contributed by atoms with E-state index in [4.69, 9.17) is 4.74 Å². The number of hydrazone groups is 1. The normalized spacial score (nSPS) is 11.0. The second kappa shape index (κ2) is 8.26. The number of benzene rings is 1. The van der Waals surface area contributed by atoms with Gasteiger partial charge in [-0.3, -0.25) is 9.59 Å². The van der Waals surface area contributed by atoms with E-state index in [1.165, 1.54) is 11.3 Å². The first-order valence-corrected chi connectivity index (χ1v) is 8.19. The van der Waals surface area contributed by atoms with E-state index in [2.05, 4.69) is 15.8 Å². The molecule has 0 aliphatic rings. The summed E-state index contributed by atoms with van der Waals surface area (Å²) in [6, 6.07) is 9.04. The minimum Gasteiger partial charge on any atom is -0.495 e. The molecule has 0 unspecified atom stereocenters.